The number of aryl methyl sites for hydroxylation is 1. The molecule has 1 heterocycles. The van der Waals surface area contributed by atoms with Crippen molar-refractivity contribution in [1.29, 1.82) is 0 Å². The Bertz CT molecular complexity index is 1020. The molecule has 1 aliphatic heterocycles. The lowest BCUT2D eigenvalue weighted by Crippen LogP contribution is -2.63. The first-order valence-electron chi connectivity index (χ1n) is 12.0. The summed E-state index contributed by atoms with van der Waals surface area (Å²) >= 11 is 0. The van der Waals surface area contributed by atoms with E-state index in [1.807, 2.05) is 12.1 Å². The summed E-state index contributed by atoms with van der Waals surface area (Å²) in [6.07, 6.45) is 2.62. The molecule has 0 amide bonds. The minimum atomic E-state index is -1.78. The van der Waals surface area contributed by atoms with Gasteiger partial charge in [0, 0.05) is 5.41 Å². The number of hydrogen-bond acceptors (Lipinski definition) is 7. The molecule has 0 aromatic heterocycles. The highest BCUT2D eigenvalue weighted by atomic mass is 16.7. The molecule has 0 bridgehead atoms. The highest BCUT2D eigenvalue weighted by Gasteiger charge is 2.64. The van der Waals surface area contributed by atoms with Crippen LogP contribution in [-0.4, -0.2) is 67.8 Å². The van der Waals surface area contributed by atoms with Gasteiger partial charge in [0.25, 0.3) is 0 Å². The summed E-state index contributed by atoms with van der Waals surface area (Å²) in [7, 11) is 0. The normalized spacial score (nSPS) is 45.5. The molecule has 184 valence electrons. The Balaban J connectivity index is 1.42. The van der Waals surface area contributed by atoms with Gasteiger partial charge in [0.05, 0.1) is 0 Å². The largest absolute Gasteiger partial charge is 0.508 e. The number of aromatic hydroxyl groups is 1. The van der Waals surface area contributed by atoms with Gasteiger partial charge in [0.2, 0.25) is 0 Å². The lowest BCUT2D eigenvalue weighted by molar-refractivity contribution is -0.324. The zero-order valence-electron chi connectivity index (χ0n) is 19.1. The van der Waals surface area contributed by atoms with Gasteiger partial charge in [-0.15, -0.1) is 6.42 Å². The molecule has 4 aliphatic rings. The highest BCUT2D eigenvalue weighted by Crippen LogP contribution is 2.65. The first kappa shape index (κ1) is 23.6. The molecule has 0 radical (unpaired) electrons. The summed E-state index contributed by atoms with van der Waals surface area (Å²) in [5.41, 5.74) is 0.963. The summed E-state index contributed by atoms with van der Waals surface area (Å²) in [5.74, 6) is 2.70. The molecule has 8 heteroatoms. The molecule has 5 N–H and O–H groups in total. The summed E-state index contributed by atoms with van der Waals surface area (Å²) in [5, 5.41) is 50.1. The van der Waals surface area contributed by atoms with Crippen LogP contribution in [0.15, 0.2) is 18.2 Å². The van der Waals surface area contributed by atoms with Gasteiger partial charge >= 0.3 is 5.97 Å². The number of fused-ring (bicyclic) bond motifs is 5. The van der Waals surface area contributed by atoms with Crippen molar-refractivity contribution in [2.24, 2.45) is 17.3 Å². The molecule has 0 unspecified atom stereocenters. The van der Waals surface area contributed by atoms with Gasteiger partial charge in [-0.05, 0) is 79.5 Å². The zero-order valence-corrected chi connectivity index (χ0v) is 19.1. The lowest BCUT2D eigenvalue weighted by Gasteiger charge is -2.54. The van der Waals surface area contributed by atoms with Crippen molar-refractivity contribution in [3.63, 3.8) is 0 Å². The van der Waals surface area contributed by atoms with Crippen LogP contribution >= 0.6 is 0 Å². The quantitative estimate of drug-likeness (QED) is 0.418. The number of rotatable bonds is 3. The Morgan fingerprint density at radius 1 is 1.15 bits per heavy atom. The summed E-state index contributed by atoms with van der Waals surface area (Å²) < 4.78 is 11.7. The SMILES string of the molecule is C#C[C@]1(O[C@@H]2O[C@H](C(=O)O)[C@@H](O)[C@H](O)[C@H]2O)CC[C@@H]2[C@H]3CCc4cc(O)ccc4[C@H]3CC[C@@]21C. The number of ether oxygens (including phenoxy) is 2. The standard InChI is InChI=1S/C26H32O8/c1-3-26(34-24-21(30)19(28)20(29)22(33-24)23(31)32)11-9-18-17-6-4-13-12-14(27)5-7-15(13)16(17)8-10-25(18,26)2/h1,5,7,12,16-22,24,27-30H,4,6,8-11H2,2H3,(H,31,32)/t16-,17+,18-,19+,20+,21-,22+,24+,25+,26+/m1/s1. The molecule has 10 atom stereocenters. The number of carboxylic acids is 1. The second-order valence-corrected chi connectivity index (χ2v) is 10.6. The van der Waals surface area contributed by atoms with Crippen LogP contribution in [0.1, 0.15) is 56.1 Å². The van der Waals surface area contributed by atoms with E-state index < -0.39 is 47.7 Å². The van der Waals surface area contributed by atoms with E-state index in [2.05, 4.69) is 12.8 Å². The topological polar surface area (TPSA) is 137 Å². The molecule has 1 aromatic rings. The van der Waals surface area contributed by atoms with Crippen molar-refractivity contribution in [2.75, 3.05) is 0 Å². The Labute approximate surface area is 198 Å². The zero-order chi connectivity index (χ0) is 24.4. The van der Waals surface area contributed by atoms with Crippen LogP contribution in [0, 0.1) is 29.6 Å². The van der Waals surface area contributed by atoms with Crippen LogP contribution < -0.4 is 0 Å². The third-order valence-electron chi connectivity index (χ3n) is 9.19. The fourth-order valence-corrected chi connectivity index (χ4v) is 7.38. The average molecular weight is 473 g/mol. The maximum atomic E-state index is 11.5. The number of carboxylic acid groups (broad SMARTS) is 1. The Hall–Kier alpha value is -2.15. The molecular weight excluding hydrogens is 440 g/mol. The van der Waals surface area contributed by atoms with E-state index in [1.54, 1.807) is 6.07 Å². The molecule has 1 aromatic carbocycles. The van der Waals surface area contributed by atoms with Gasteiger partial charge in [-0.25, -0.2) is 4.79 Å². The van der Waals surface area contributed by atoms with E-state index in [1.165, 1.54) is 11.1 Å². The Kier molecular flexibility index (Phi) is 5.70. The smallest absolute Gasteiger partial charge is 0.335 e. The van der Waals surface area contributed by atoms with E-state index in [0.717, 1.165) is 32.1 Å². The lowest BCUT2D eigenvalue weighted by atomic mass is 9.53. The van der Waals surface area contributed by atoms with E-state index in [4.69, 9.17) is 15.9 Å². The second-order valence-electron chi connectivity index (χ2n) is 10.6. The maximum Gasteiger partial charge on any atom is 0.335 e. The number of phenolic OH excluding ortho intramolecular Hbond substituents is 1. The number of benzene rings is 1. The number of phenols is 1. The fraction of sp³-hybridized carbons (Fsp3) is 0.654. The number of terminal acetylenes is 1. The number of aliphatic carboxylic acids is 1. The fourth-order valence-electron chi connectivity index (χ4n) is 7.38. The van der Waals surface area contributed by atoms with E-state index in [9.17, 15) is 30.3 Å². The van der Waals surface area contributed by atoms with Gasteiger partial charge in [0.1, 0.15) is 29.7 Å². The van der Waals surface area contributed by atoms with Crippen molar-refractivity contribution in [2.45, 2.75) is 87.7 Å². The molecule has 2 saturated carbocycles. The molecule has 8 nitrogen and oxygen atoms in total. The molecule has 34 heavy (non-hydrogen) atoms. The van der Waals surface area contributed by atoms with E-state index >= 15 is 0 Å². The van der Waals surface area contributed by atoms with Gasteiger partial charge in [0.15, 0.2) is 12.4 Å². The first-order chi connectivity index (χ1) is 16.1. The Morgan fingerprint density at radius 2 is 1.91 bits per heavy atom. The van der Waals surface area contributed by atoms with Crippen molar-refractivity contribution < 1.29 is 39.8 Å². The molecule has 0 spiro atoms. The second kappa shape index (κ2) is 8.21. The third-order valence-corrected chi connectivity index (χ3v) is 9.19. The van der Waals surface area contributed by atoms with Crippen LogP contribution in [0.2, 0.25) is 0 Å². The van der Waals surface area contributed by atoms with E-state index in [0.29, 0.717) is 18.3 Å². The summed E-state index contributed by atoms with van der Waals surface area (Å²) in [4.78, 5) is 11.5. The van der Waals surface area contributed by atoms with Crippen molar-refractivity contribution in [3.05, 3.63) is 29.3 Å². The predicted molar refractivity (Wildman–Crippen MR) is 120 cm³/mol. The van der Waals surface area contributed by atoms with Crippen molar-refractivity contribution in [3.8, 4) is 18.1 Å². The van der Waals surface area contributed by atoms with Gasteiger partial charge < -0.3 is 35.0 Å². The van der Waals surface area contributed by atoms with E-state index in [-0.39, 0.29) is 11.7 Å². The Morgan fingerprint density at radius 3 is 2.62 bits per heavy atom. The van der Waals surface area contributed by atoms with Crippen LogP contribution in [0.5, 0.6) is 5.75 Å². The van der Waals surface area contributed by atoms with Crippen molar-refractivity contribution >= 4 is 5.97 Å². The average Bonchev–Trinajstić information content (AvgIpc) is 3.11. The third kappa shape index (κ3) is 3.29. The number of aliphatic hydroxyl groups excluding tert-OH is 3. The minimum Gasteiger partial charge on any atom is -0.508 e. The first-order valence-corrected chi connectivity index (χ1v) is 12.0. The number of carbonyl (C=O) groups is 1. The molecule has 1 saturated heterocycles. The van der Waals surface area contributed by atoms with Crippen molar-refractivity contribution in [1.82, 2.24) is 0 Å². The van der Waals surface area contributed by atoms with Crippen LogP contribution in [0.25, 0.3) is 0 Å². The molecular formula is C26H32O8. The van der Waals surface area contributed by atoms with Gasteiger partial charge in [-0.1, -0.05) is 18.9 Å². The van der Waals surface area contributed by atoms with Gasteiger partial charge in [-0.3, -0.25) is 0 Å². The summed E-state index contributed by atoms with van der Waals surface area (Å²) in [6, 6.07) is 5.65. The highest BCUT2D eigenvalue weighted by molar-refractivity contribution is 5.73. The molecule has 3 aliphatic carbocycles. The number of aliphatic hydroxyl groups is 3. The maximum absolute atomic E-state index is 11.5. The summed E-state index contributed by atoms with van der Waals surface area (Å²) in [6.45, 7) is 2.11. The number of hydrogen-bond donors (Lipinski definition) is 5. The van der Waals surface area contributed by atoms with Crippen LogP contribution in [0.3, 0.4) is 0 Å². The minimum absolute atomic E-state index is 0.260. The monoisotopic (exact) mass is 472 g/mol. The van der Waals surface area contributed by atoms with Gasteiger partial charge in [-0.2, -0.15) is 0 Å². The molecule has 3 fully saturated rings. The predicted octanol–water partition coefficient (Wildman–Crippen LogP) is 1.53. The van der Waals surface area contributed by atoms with Crippen LogP contribution in [0.4, 0.5) is 0 Å². The van der Waals surface area contributed by atoms with Crippen LogP contribution in [-0.2, 0) is 20.7 Å². The molecule has 5 rings (SSSR count).